The maximum Gasteiger partial charge on any atom is 0.256 e. The van der Waals surface area contributed by atoms with E-state index in [2.05, 4.69) is 25.3 Å². The number of pyridine rings is 1. The van der Waals surface area contributed by atoms with E-state index in [1.807, 2.05) is 38.1 Å². The number of aryl methyl sites for hydroxylation is 1. The number of nitrogens with zero attached hydrogens (tertiary/aromatic N) is 4. The van der Waals surface area contributed by atoms with Crippen LogP contribution in [0.1, 0.15) is 47.8 Å². The molecule has 2 aliphatic heterocycles. The minimum atomic E-state index is -3.89. The van der Waals surface area contributed by atoms with E-state index in [4.69, 9.17) is 0 Å². The molecule has 3 aromatic rings. The number of hydrogen-bond acceptors (Lipinski definition) is 9. The monoisotopic (exact) mass is 595 g/mol. The molecule has 41 heavy (non-hydrogen) atoms. The number of sulfonamides is 1. The van der Waals surface area contributed by atoms with E-state index in [0.29, 0.717) is 66.4 Å². The summed E-state index contributed by atoms with van der Waals surface area (Å²) in [4.78, 5) is 39.6. The highest BCUT2D eigenvalue weighted by Crippen LogP contribution is 2.42. The zero-order valence-electron chi connectivity index (χ0n) is 23.2. The van der Waals surface area contributed by atoms with Gasteiger partial charge in [-0.2, -0.15) is 0 Å². The van der Waals surface area contributed by atoms with Crippen molar-refractivity contribution in [1.29, 1.82) is 0 Å². The molecule has 4 heterocycles. The maximum absolute atomic E-state index is 13.4. The number of fused-ring (bicyclic) bond motifs is 1. The summed E-state index contributed by atoms with van der Waals surface area (Å²) < 4.78 is 28.6. The number of aromatic nitrogens is 2. The highest BCUT2D eigenvalue weighted by Gasteiger charge is 2.41. The van der Waals surface area contributed by atoms with Gasteiger partial charge < -0.3 is 15.5 Å². The van der Waals surface area contributed by atoms with Crippen LogP contribution in [0.5, 0.6) is 0 Å². The van der Waals surface area contributed by atoms with Crippen molar-refractivity contribution in [2.75, 3.05) is 36.9 Å². The lowest BCUT2D eigenvalue weighted by Crippen LogP contribution is -2.35. The largest absolute Gasteiger partial charge is 0.331 e. The molecule has 13 heteroatoms. The molecule has 3 N–H and O–H groups in total. The summed E-state index contributed by atoms with van der Waals surface area (Å²) in [5.41, 5.74) is 2.39. The van der Waals surface area contributed by atoms with Gasteiger partial charge >= 0.3 is 0 Å². The molecule has 3 aliphatic rings. The summed E-state index contributed by atoms with van der Waals surface area (Å²) in [6, 6.07) is 9.04. The van der Waals surface area contributed by atoms with Gasteiger partial charge in [-0.15, -0.1) is 0 Å². The Bertz CT molecular complexity index is 1630. The average molecular weight is 596 g/mol. The van der Waals surface area contributed by atoms with Crippen molar-refractivity contribution in [2.24, 2.45) is 5.92 Å². The molecular weight excluding hydrogens is 562 g/mol. The summed E-state index contributed by atoms with van der Waals surface area (Å²) >= 11 is 1.38. The first-order valence-electron chi connectivity index (χ1n) is 13.8. The lowest BCUT2D eigenvalue weighted by molar-refractivity contribution is -0.118. The number of hydrogen-bond donors (Lipinski definition) is 3. The Labute approximate surface area is 243 Å². The van der Waals surface area contributed by atoms with Gasteiger partial charge in [-0.25, -0.2) is 23.1 Å². The molecule has 11 nitrogen and oxygen atoms in total. The van der Waals surface area contributed by atoms with Crippen molar-refractivity contribution in [3.05, 3.63) is 47.2 Å². The van der Waals surface area contributed by atoms with Crippen LogP contribution in [0.4, 0.5) is 16.8 Å². The van der Waals surface area contributed by atoms with Gasteiger partial charge in [0.25, 0.3) is 5.91 Å². The molecule has 2 amide bonds. The maximum atomic E-state index is 13.4. The third kappa shape index (κ3) is 5.34. The van der Waals surface area contributed by atoms with E-state index >= 15 is 0 Å². The van der Waals surface area contributed by atoms with Gasteiger partial charge in [-0.05, 0) is 75.0 Å². The number of nitrogens with one attached hydrogen (secondary N) is 3. The Kier molecular flexibility index (Phi) is 7.30. The first-order valence-corrected chi connectivity index (χ1v) is 16.1. The lowest BCUT2D eigenvalue weighted by Gasteiger charge is -2.24. The molecule has 2 fully saturated rings. The highest BCUT2D eigenvalue weighted by atomic mass is 32.2. The van der Waals surface area contributed by atoms with E-state index in [1.54, 1.807) is 15.9 Å². The highest BCUT2D eigenvalue weighted by molar-refractivity contribution is 7.89. The fourth-order valence-corrected chi connectivity index (χ4v) is 7.49. The van der Waals surface area contributed by atoms with Crippen molar-refractivity contribution in [3.8, 4) is 10.4 Å². The predicted octanol–water partition coefficient (Wildman–Crippen LogP) is 3.25. The molecule has 1 saturated carbocycles. The van der Waals surface area contributed by atoms with Gasteiger partial charge in [-0.1, -0.05) is 17.4 Å². The molecule has 1 unspecified atom stereocenters. The Morgan fingerprint density at radius 1 is 1.15 bits per heavy atom. The predicted molar refractivity (Wildman–Crippen MR) is 158 cm³/mol. The van der Waals surface area contributed by atoms with Gasteiger partial charge in [0.05, 0.1) is 21.0 Å². The number of rotatable bonds is 8. The minimum absolute atomic E-state index is 0.00344. The van der Waals surface area contributed by atoms with Crippen molar-refractivity contribution < 1.29 is 18.0 Å². The zero-order valence-corrected chi connectivity index (χ0v) is 24.9. The third-order valence-electron chi connectivity index (χ3n) is 7.99. The molecule has 1 aliphatic carbocycles. The fraction of sp³-hybridized carbons (Fsp3) is 0.429. The van der Waals surface area contributed by atoms with Crippen LogP contribution in [0.15, 0.2) is 35.2 Å². The second kappa shape index (κ2) is 10.8. The molecule has 0 spiro atoms. The van der Waals surface area contributed by atoms with E-state index in [9.17, 15) is 18.0 Å². The Morgan fingerprint density at radius 3 is 2.71 bits per heavy atom. The molecule has 6 rings (SSSR count). The van der Waals surface area contributed by atoms with Crippen LogP contribution in [0.3, 0.4) is 0 Å². The molecule has 0 bridgehead atoms. The van der Waals surface area contributed by atoms with Gasteiger partial charge in [0.1, 0.15) is 11.6 Å². The molecule has 1 aromatic carbocycles. The van der Waals surface area contributed by atoms with Crippen LogP contribution in [0.2, 0.25) is 0 Å². The first kappa shape index (κ1) is 27.8. The Morgan fingerprint density at radius 2 is 1.95 bits per heavy atom. The van der Waals surface area contributed by atoms with E-state index in [-0.39, 0.29) is 28.3 Å². The van der Waals surface area contributed by atoms with Crippen LogP contribution < -0.4 is 20.3 Å². The topological polar surface area (TPSA) is 137 Å². The van der Waals surface area contributed by atoms with Gasteiger partial charge in [0.15, 0.2) is 5.13 Å². The second-order valence-corrected chi connectivity index (χ2v) is 13.6. The second-order valence-electron chi connectivity index (χ2n) is 10.7. The summed E-state index contributed by atoms with van der Waals surface area (Å²) in [6.07, 6.45) is 2.60. The molecule has 2 aromatic heterocycles. The molecule has 1 saturated heterocycles. The molecular formula is C28H33N7O4S2. The van der Waals surface area contributed by atoms with E-state index in [1.165, 1.54) is 18.4 Å². The first-order chi connectivity index (χ1) is 19.7. The van der Waals surface area contributed by atoms with Gasteiger partial charge in [-0.3, -0.25) is 14.5 Å². The number of carbonyl (C=O) groups is 2. The molecule has 1 atom stereocenters. The number of benzene rings is 1. The number of thiazole rings is 1. The number of amides is 2. The van der Waals surface area contributed by atoms with Crippen molar-refractivity contribution in [2.45, 2.75) is 50.6 Å². The Balaban J connectivity index is 1.32. The van der Waals surface area contributed by atoms with Crippen LogP contribution in [-0.2, 0) is 21.4 Å². The van der Waals surface area contributed by atoms with Crippen molar-refractivity contribution in [3.63, 3.8) is 0 Å². The smallest absolute Gasteiger partial charge is 0.256 e. The van der Waals surface area contributed by atoms with Crippen LogP contribution in [0, 0.1) is 12.8 Å². The SMILES string of the molecule is CNS(=O)(=O)c1cc(-c2sc(Nc3cccc(N4CCNCCC4=O)n3)nc2C)cc2c1C(=O)N(C(C)C1CC1)C2. The molecule has 0 radical (unpaired) electrons. The average Bonchev–Trinajstić information content (AvgIpc) is 3.71. The van der Waals surface area contributed by atoms with Crippen LogP contribution in [-0.4, -0.2) is 67.8 Å². The van der Waals surface area contributed by atoms with Gasteiger partial charge in [0.2, 0.25) is 15.9 Å². The standard InChI is InChI=1S/C28H33N7O4S2/c1-16-26(40-28(31-16)33-22-5-4-6-23(32-22)34-12-11-30-10-9-24(34)36)19-13-20-15-35(17(2)18-7-8-18)27(37)25(20)21(14-19)41(38,39)29-3/h4-6,13-14,17-18,29-30H,7-12,15H2,1-3H3,(H,31,32,33). The van der Waals surface area contributed by atoms with Crippen molar-refractivity contribution in [1.82, 2.24) is 24.9 Å². The summed E-state index contributed by atoms with van der Waals surface area (Å²) in [7, 11) is -2.54. The normalized spacial score (nSPS) is 18.4. The Hall–Kier alpha value is -3.39. The van der Waals surface area contributed by atoms with Crippen LogP contribution in [0.25, 0.3) is 10.4 Å². The third-order valence-corrected chi connectivity index (χ3v) is 10.5. The fourth-order valence-electron chi connectivity index (χ4n) is 5.54. The molecule has 216 valence electrons. The quantitative estimate of drug-likeness (QED) is 0.361. The van der Waals surface area contributed by atoms with E-state index in [0.717, 1.165) is 23.4 Å². The van der Waals surface area contributed by atoms with Crippen LogP contribution >= 0.6 is 11.3 Å². The zero-order chi connectivity index (χ0) is 28.9. The summed E-state index contributed by atoms with van der Waals surface area (Å²) in [5, 5.41) is 7.07. The van der Waals surface area contributed by atoms with Crippen molar-refractivity contribution >= 4 is 49.9 Å². The lowest BCUT2D eigenvalue weighted by atomic mass is 10.0. The summed E-state index contributed by atoms with van der Waals surface area (Å²) in [5.74, 6) is 1.39. The minimum Gasteiger partial charge on any atom is -0.331 e. The number of carbonyl (C=O) groups excluding carboxylic acids is 2. The van der Waals surface area contributed by atoms with Gasteiger partial charge in [0, 0.05) is 38.6 Å². The van der Waals surface area contributed by atoms with E-state index < -0.39 is 10.0 Å². The summed E-state index contributed by atoms with van der Waals surface area (Å²) in [6.45, 7) is 6.20. The number of anilines is 3.